The molecule has 4 aliphatic carbocycles. The first-order valence-corrected chi connectivity index (χ1v) is 11.6. The minimum atomic E-state index is -2.94. The van der Waals surface area contributed by atoms with Crippen LogP contribution in [0.5, 0.6) is 5.75 Å². The Bertz CT molecular complexity index is 1010. The third-order valence-electron chi connectivity index (χ3n) is 8.00. The number of pyridine rings is 1. The van der Waals surface area contributed by atoms with Gasteiger partial charge in [-0.25, -0.2) is 9.97 Å². The van der Waals surface area contributed by atoms with Crippen LogP contribution in [0, 0.1) is 5.92 Å². The molecule has 7 rings (SSSR count). The van der Waals surface area contributed by atoms with Gasteiger partial charge in [-0.3, -0.25) is 4.90 Å². The number of nitrogen functional groups attached to an aromatic ring is 1. The standard InChI is InChI=1S/C23H30F2N6O/c1-29-4-6-30(7-5-29)22-12-23(13-22,14-22)31-11-17(28-19(31)8-15-2-3-15)16-9-18(32-21(24)25)20(26)27-10-16/h9-11,15,21H,2-8,12-14H2,1H3,(H2,26,27). The van der Waals surface area contributed by atoms with E-state index in [1.807, 2.05) is 0 Å². The number of hydrogen-bond donors (Lipinski definition) is 1. The Hall–Kier alpha value is -2.26. The monoisotopic (exact) mass is 444 g/mol. The summed E-state index contributed by atoms with van der Waals surface area (Å²) in [6, 6.07) is 1.52. The molecule has 2 aromatic rings. The van der Waals surface area contributed by atoms with Crippen LogP contribution in [0.4, 0.5) is 14.6 Å². The van der Waals surface area contributed by atoms with Crippen LogP contribution in [0.3, 0.4) is 0 Å². The lowest BCUT2D eigenvalue weighted by Gasteiger charge is -2.75. The molecule has 2 aromatic heterocycles. The number of hydrogen-bond acceptors (Lipinski definition) is 6. The van der Waals surface area contributed by atoms with Crippen molar-refractivity contribution in [3.05, 3.63) is 24.3 Å². The van der Waals surface area contributed by atoms with E-state index in [1.165, 1.54) is 38.2 Å². The van der Waals surface area contributed by atoms with Crippen LogP contribution in [0.15, 0.2) is 18.5 Å². The molecule has 0 aromatic carbocycles. The number of piperazine rings is 1. The molecule has 2 bridgehead atoms. The van der Waals surface area contributed by atoms with E-state index in [0.717, 1.165) is 44.1 Å². The van der Waals surface area contributed by atoms with Crippen LogP contribution in [-0.2, 0) is 12.0 Å². The van der Waals surface area contributed by atoms with E-state index in [0.29, 0.717) is 17.0 Å². The molecule has 5 fully saturated rings. The zero-order valence-electron chi connectivity index (χ0n) is 18.4. The van der Waals surface area contributed by atoms with Crippen molar-refractivity contribution in [2.24, 2.45) is 5.92 Å². The van der Waals surface area contributed by atoms with Crippen LogP contribution >= 0.6 is 0 Å². The molecule has 7 nitrogen and oxygen atoms in total. The van der Waals surface area contributed by atoms with Gasteiger partial charge < -0.3 is 19.9 Å². The number of nitrogens with zero attached hydrogens (tertiary/aromatic N) is 5. The Morgan fingerprint density at radius 2 is 1.88 bits per heavy atom. The smallest absolute Gasteiger partial charge is 0.387 e. The highest BCUT2D eigenvalue weighted by atomic mass is 19.3. The van der Waals surface area contributed by atoms with Gasteiger partial charge in [0.1, 0.15) is 5.82 Å². The van der Waals surface area contributed by atoms with Crippen LogP contribution in [0.2, 0.25) is 0 Å². The third-order valence-corrected chi connectivity index (χ3v) is 8.00. The highest BCUT2D eigenvalue weighted by Crippen LogP contribution is 2.68. The van der Waals surface area contributed by atoms with E-state index < -0.39 is 6.61 Å². The van der Waals surface area contributed by atoms with Gasteiger partial charge in [0.25, 0.3) is 0 Å². The zero-order chi connectivity index (χ0) is 22.1. The number of likely N-dealkylation sites (N-methyl/N-ethyl adjacent to an activating group) is 1. The van der Waals surface area contributed by atoms with Gasteiger partial charge in [0, 0.05) is 56.1 Å². The van der Waals surface area contributed by atoms with Gasteiger partial charge in [-0.1, -0.05) is 0 Å². The molecule has 32 heavy (non-hydrogen) atoms. The SMILES string of the molecule is CN1CCN(C23CC(n4cc(-c5cnc(N)c(OC(F)F)c5)nc4CC4CC4)(C2)C3)CC1. The lowest BCUT2D eigenvalue weighted by Crippen LogP contribution is -2.80. The molecule has 1 aliphatic heterocycles. The predicted octanol–water partition coefficient (Wildman–Crippen LogP) is 2.96. The summed E-state index contributed by atoms with van der Waals surface area (Å²) in [7, 11) is 2.20. The Morgan fingerprint density at radius 1 is 1.16 bits per heavy atom. The van der Waals surface area contributed by atoms with E-state index in [-0.39, 0.29) is 17.1 Å². The first-order chi connectivity index (χ1) is 15.4. The summed E-state index contributed by atoms with van der Waals surface area (Å²) < 4.78 is 32.4. The zero-order valence-corrected chi connectivity index (χ0v) is 18.4. The van der Waals surface area contributed by atoms with Crippen molar-refractivity contribution in [3.63, 3.8) is 0 Å². The molecule has 0 radical (unpaired) electrons. The molecular formula is C23H30F2N6O. The Kier molecular flexibility index (Phi) is 4.53. The predicted molar refractivity (Wildman–Crippen MR) is 117 cm³/mol. The van der Waals surface area contributed by atoms with E-state index in [1.54, 1.807) is 6.20 Å². The Balaban J connectivity index is 1.26. The summed E-state index contributed by atoms with van der Waals surface area (Å²) in [6.07, 6.45) is 10.7. The average molecular weight is 445 g/mol. The molecule has 0 amide bonds. The topological polar surface area (TPSA) is 72.4 Å². The normalized spacial score (nSPS) is 30.2. The number of rotatable bonds is 7. The van der Waals surface area contributed by atoms with Crippen molar-refractivity contribution in [1.29, 1.82) is 0 Å². The van der Waals surface area contributed by atoms with Gasteiger partial charge in [-0.15, -0.1) is 0 Å². The lowest BCUT2D eigenvalue weighted by atomic mass is 9.43. The number of alkyl halides is 2. The largest absolute Gasteiger partial charge is 0.431 e. The number of nitrogens with two attached hydrogens (primary N) is 1. The van der Waals surface area contributed by atoms with Gasteiger partial charge in [0.2, 0.25) is 0 Å². The highest BCUT2D eigenvalue weighted by molar-refractivity contribution is 5.64. The van der Waals surface area contributed by atoms with Crippen molar-refractivity contribution >= 4 is 5.82 Å². The lowest BCUT2D eigenvalue weighted by molar-refractivity contribution is -0.213. The molecule has 4 saturated carbocycles. The fourth-order valence-corrected chi connectivity index (χ4v) is 6.03. The molecule has 9 heteroatoms. The molecule has 5 aliphatic rings. The molecule has 0 spiro atoms. The van der Waals surface area contributed by atoms with Crippen LogP contribution in [-0.4, -0.2) is 69.7 Å². The van der Waals surface area contributed by atoms with Crippen molar-refractivity contribution in [2.45, 2.75) is 56.2 Å². The summed E-state index contributed by atoms with van der Waals surface area (Å²) in [5, 5.41) is 0. The molecule has 2 N–H and O–H groups in total. The summed E-state index contributed by atoms with van der Waals surface area (Å²) in [6.45, 7) is 1.65. The fraction of sp³-hybridized carbons (Fsp3) is 0.652. The van der Waals surface area contributed by atoms with E-state index >= 15 is 0 Å². The molecule has 172 valence electrons. The van der Waals surface area contributed by atoms with Crippen LogP contribution in [0.1, 0.15) is 37.9 Å². The van der Waals surface area contributed by atoms with Gasteiger partial charge in [-0.05, 0) is 51.1 Å². The van der Waals surface area contributed by atoms with E-state index in [2.05, 4.69) is 37.3 Å². The number of anilines is 1. The summed E-state index contributed by atoms with van der Waals surface area (Å²) in [5.41, 5.74) is 7.66. The molecule has 0 unspecified atom stereocenters. The molecular weight excluding hydrogens is 414 g/mol. The van der Waals surface area contributed by atoms with Gasteiger partial charge in [0.05, 0.1) is 11.2 Å². The maximum absolute atomic E-state index is 12.7. The minimum Gasteiger partial charge on any atom is -0.431 e. The number of aromatic nitrogens is 3. The van der Waals surface area contributed by atoms with Crippen LogP contribution in [0.25, 0.3) is 11.3 Å². The Morgan fingerprint density at radius 3 is 2.53 bits per heavy atom. The second-order valence-corrected chi connectivity index (χ2v) is 10.3. The van der Waals surface area contributed by atoms with Gasteiger partial charge in [0.15, 0.2) is 11.6 Å². The summed E-state index contributed by atoms with van der Waals surface area (Å²) in [4.78, 5) is 14.1. The molecule has 1 saturated heterocycles. The number of ether oxygens (including phenoxy) is 1. The van der Waals surface area contributed by atoms with Crippen molar-refractivity contribution < 1.29 is 13.5 Å². The van der Waals surface area contributed by atoms with Gasteiger partial charge in [-0.2, -0.15) is 8.78 Å². The van der Waals surface area contributed by atoms with Crippen molar-refractivity contribution in [3.8, 4) is 17.0 Å². The first-order valence-electron chi connectivity index (χ1n) is 11.6. The van der Waals surface area contributed by atoms with E-state index in [9.17, 15) is 8.78 Å². The average Bonchev–Trinajstić information content (AvgIpc) is 3.41. The van der Waals surface area contributed by atoms with Crippen LogP contribution < -0.4 is 10.5 Å². The minimum absolute atomic E-state index is 0.0415. The summed E-state index contributed by atoms with van der Waals surface area (Å²) >= 11 is 0. The highest BCUT2D eigenvalue weighted by Gasteiger charge is 2.71. The third kappa shape index (κ3) is 3.28. The Labute approximate surface area is 186 Å². The van der Waals surface area contributed by atoms with E-state index in [4.69, 9.17) is 10.7 Å². The van der Waals surface area contributed by atoms with Crippen molar-refractivity contribution in [1.82, 2.24) is 24.3 Å². The maximum atomic E-state index is 12.7. The van der Waals surface area contributed by atoms with Crippen molar-refractivity contribution in [2.75, 3.05) is 39.0 Å². The molecule has 0 atom stereocenters. The second-order valence-electron chi connectivity index (χ2n) is 10.3. The number of imidazole rings is 1. The summed E-state index contributed by atoms with van der Waals surface area (Å²) in [5.74, 6) is 1.68. The quantitative estimate of drug-likeness (QED) is 0.708. The number of halogens is 2. The van der Waals surface area contributed by atoms with Gasteiger partial charge >= 0.3 is 6.61 Å². The second kappa shape index (κ2) is 7.12. The maximum Gasteiger partial charge on any atom is 0.387 e. The first kappa shape index (κ1) is 20.4. The molecule has 3 heterocycles. The fourth-order valence-electron chi connectivity index (χ4n) is 6.03.